The Balaban J connectivity index is 2.06. The van der Waals surface area contributed by atoms with Crippen molar-refractivity contribution in [3.8, 4) is 0 Å². The smallest absolute Gasteiger partial charge is 0.254 e. The molecule has 7 heteroatoms. The maximum atomic E-state index is 13.3. The van der Waals surface area contributed by atoms with Crippen molar-refractivity contribution < 1.29 is 13.6 Å². The van der Waals surface area contributed by atoms with E-state index < -0.39 is 17.7 Å². The summed E-state index contributed by atoms with van der Waals surface area (Å²) in [5.74, 6) is -3.18. The van der Waals surface area contributed by atoms with E-state index in [1.54, 1.807) is 0 Å². The molecule has 0 spiro atoms. The Bertz CT molecular complexity index is 588. The zero-order valence-corrected chi connectivity index (χ0v) is 11.3. The third-order valence-electron chi connectivity index (χ3n) is 2.14. The topological polar surface area (TPSA) is 42.0 Å². The number of halogens is 3. The van der Waals surface area contributed by atoms with Crippen LogP contribution in [0.4, 0.5) is 8.78 Å². The summed E-state index contributed by atoms with van der Waals surface area (Å²) in [6.45, 7) is 0.262. The largest absolute Gasteiger partial charge is 0.347 e. The van der Waals surface area contributed by atoms with Gasteiger partial charge in [0.25, 0.3) is 5.91 Å². The predicted octanol–water partition coefficient (Wildman–Crippen LogP) is 3.11. The Morgan fingerprint density at radius 1 is 1.50 bits per heavy atom. The van der Waals surface area contributed by atoms with E-state index in [-0.39, 0.29) is 12.1 Å². The van der Waals surface area contributed by atoms with Gasteiger partial charge in [-0.15, -0.1) is 11.3 Å². The van der Waals surface area contributed by atoms with Crippen molar-refractivity contribution in [2.45, 2.75) is 6.54 Å². The third kappa shape index (κ3) is 2.91. The normalized spacial score (nSPS) is 10.4. The minimum Gasteiger partial charge on any atom is -0.347 e. The molecule has 0 saturated carbocycles. The van der Waals surface area contributed by atoms with Gasteiger partial charge in [0.2, 0.25) is 5.95 Å². The molecule has 0 bridgehead atoms. The number of thiophene rings is 1. The molecule has 0 aliphatic rings. The first-order valence-corrected chi connectivity index (χ1v) is 6.56. The van der Waals surface area contributed by atoms with Gasteiger partial charge >= 0.3 is 0 Å². The lowest BCUT2D eigenvalue weighted by molar-refractivity contribution is 0.0946. The number of carbonyl (C=O) groups is 1. The summed E-state index contributed by atoms with van der Waals surface area (Å²) in [6, 6.07) is 2.98. The molecule has 0 aromatic carbocycles. The number of amides is 1. The number of carbonyl (C=O) groups excluding carboxylic acids is 1. The summed E-state index contributed by atoms with van der Waals surface area (Å²) < 4.78 is 27.0. The molecule has 0 fully saturated rings. The van der Waals surface area contributed by atoms with E-state index in [2.05, 4.69) is 26.2 Å². The first-order chi connectivity index (χ1) is 8.58. The Morgan fingerprint density at radius 3 is 2.94 bits per heavy atom. The van der Waals surface area contributed by atoms with Gasteiger partial charge in [0, 0.05) is 20.9 Å². The van der Waals surface area contributed by atoms with Gasteiger partial charge in [-0.25, -0.2) is 9.37 Å². The van der Waals surface area contributed by atoms with Crippen molar-refractivity contribution in [3.63, 3.8) is 0 Å². The second kappa shape index (κ2) is 5.53. The minimum absolute atomic E-state index is 0.262. The second-order valence-electron chi connectivity index (χ2n) is 3.38. The van der Waals surface area contributed by atoms with E-state index in [9.17, 15) is 13.6 Å². The average molecular weight is 333 g/mol. The van der Waals surface area contributed by atoms with Crippen LogP contribution in [0.3, 0.4) is 0 Å². The second-order valence-corrected chi connectivity index (χ2v) is 5.29. The zero-order chi connectivity index (χ0) is 13.1. The number of nitrogens with zero attached hydrogens (tertiary/aromatic N) is 1. The Labute approximate surface area is 114 Å². The molecule has 2 aromatic rings. The number of aromatic nitrogens is 1. The van der Waals surface area contributed by atoms with Crippen LogP contribution in [-0.2, 0) is 6.54 Å². The van der Waals surface area contributed by atoms with E-state index in [1.165, 1.54) is 11.3 Å². The number of rotatable bonds is 3. The van der Waals surface area contributed by atoms with Crippen LogP contribution < -0.4 is 5.32 Å². The van der Waals surface area contributed by atoms with Crippen LogP contribution in [0.2, 0.25) is 0 Å². The average Bonchev–Trinajstić information content (AvgIpc) is 2.76. The number of nitrogens with one attached hydrogen (secondary N) is 1. The molecule has 1 amide bonds. The maximum absolute atomic E-state index is 13.3. The van der Waals surface area contributed by atoms with Gasteiger partial charge in [0.1, 0.15) is 0 Å². The Kier molecular flexibility index (Phi) is 4.03. The van der Waals surface area contributed by atoms with Gasteiger partial charge in [-0.1, -0.05) is 0 Å². The van der Waals surface area contributed by atoms with Crippen molar-refractivity contribution in [3.05, 3.63) is 50.4 Å². The lowest BCUT2D eigenvalue weighted by atomic mass is 10.2. The highest BCUT2D eigenvalue weighted by atomic mass is 79.9. The SMILES string of the molecule is O=C(NCc1cc(Br)cs1)c1ccnc(F)c1F. The molecule has 2 aromatic heterocycles. The monoisotopic (exact) mass is 332 g/mol. The number of hydrogen-bond donors (Lipinski definition) is 1. The standard InChI is InChI=1S/C11H7BrF2N2OS/c12-6-3-7(18-5-6)4-16-11(17)8-1-2-15-10(14)9(8)13/h1-3,5H,4H2,(H,16,17). The fraction of sp³-hybridized carbons (Fsp3) is 0.0909. The summed E-state index contributed by atoms with van der Waals surface area (Å²) in [4.78, 5) is 15.7. The molecular formula is C11H7BrF2N2OS. The van der Waals surface area contributed by atoms with Crippen molar-refractivity contribution in [2.75, 3.05) is 0 Å². The highest BCUT2D eigenvalue weighted by molar-refractivity contribution is 9.10. The van der Waals surface area contributed by atoms with E-state index in [1.807, 2.05) is 11.4 Å². The van der Waals surface area contributed by atoms with Gasteiger partial charge in [-0.05, 0) is 28.1 Å². The molecule has 0 unspecified atom stereocenters. The highest BCUT2D eigenvalue weighted by Gasteiger charge is 2.15. The van der Waals surface area contributed by atoms with E-state index in [0.29, 0.717) is 0 Å². The molecule has 0 aliphatic carbocycles. The summed E-state index contributed by atoms with van der Waals surface area (Å²) in [7, 11) is 0. The molecule has 1 N–H and O–H groups in total. The molecule has 0 aliphatic heterocycles. The lowest BCUT2D eigenvalue weighted by Gasteiger charge is -2.04. The predicted molar refractivity (Wildman–Crippen MR) is 67.3 cm³/mol. The van der Waals surface area contributed by atoms with Gasteiger partial charge in [0.15, 0.2) is 5.82 Å². The van der Waals surface area contributed by atoms with Crippen molar-refractivity contribution in [2.24, 2.45) is 0 Å². The Morgan fingerprint density at radius 2 is 2.28 bits per heavy atom. The fourth-order valence-electron chi connectivity index (χ4n) is 1.30. The molecule has 2 heterocycles. The van der Waals surface area contributed by atoms with Crippen molar-refractivity contribution in [1.82, 2.24) is 10.3 Å². The molecule has 3 nitrogen and oxygen atoms in total. The Hall–Kier alpha value is -1.34. The van der Waals surface area contributed by atoms with Crippen LogP contribution in [0.25, 0.3) is 0 Å². The van der Waals surface area contributed by atoms with E-state index in [4.69, 9.17) is 0 Å². The maximum Gasteiger partial charge on any atom is 0.254 e. The molecule has 2 rings (SSSR count). The number of hydrogen-bond acceptors (Lipinski definition) is 3. The van der Waals surface area contributed by atoms with Crippen LogP contribution >= 0.6 is 27.3 Å². The zero-order valence-electron chi connectivity index (χ0n) is 8.91. The lowest BCUT2D eigenvalue weighted by Crippen LogP contribution is -2.24. The first kappa shape index (κ1) is 13.1. The summed E-state index contributed by atoms with van der Waals surface area (Å²) in [6.07, 6.45) is 1.05. The quantitative estimate of drug-likeness (QED) is 0.877. The van der Waals surface area contributed by atoms with Crippen molar-refractivity contribution >= 4 is 33.2 Å². The summed E-state index contributed by atoms with van der Waals surface area (Å²) >= 11 is 4.74. The molecular weight excluding hydrogens is 326 g/mol. The molecule has 0 saturated heterocycles. The van der Waals surface area contributed by atoms with Crippen LogP contribution in [-0.4, -0.2) is 10.9 Å². The van der Waals surface area contributed by atoms with E-state index >= 15 is 0 Å². The molecule has 94 valence electrons. The third-order valence-corrected chi connectivity index (χ3v) is 3.83. The molecule has 0 radical (unpaired) electrons. The summed E-state index contributed by atoms with van der Waals surface area (Å²) in [5, 5.41) is 4.38. The van der Waals surface area contributed by atoms with Gasteiger partial charge in [-0.2, -0.15) is 4.39 Å². The molecule has 18 heavy (non-hydrogen) atoms. The van der Waals surface area contributed by atoms with Crippen LogP contribution in [0, 0.1) is 11.8 Å². The van der Waals surface area contributed by atoms with Crippen LogP contribution in [0.5, 0.6) is 0 Å². The van der Waals surface area contributed by atoms with Crippen LogP contribution in [0.1, 0.15) is 15.2 Å². The minimum atomic E-state index is -1.28. The van der Waals surface area contributed by atoms with Gasteiger partial charge in [-0.3, -0.25) is 4.79 Å². The molecule has 0 atom stereocenters. The number of pyridine rings is 1. The summed E-state index contributed by atoms with van der Waals surface area (Å²) in [5.41, 5.74) is -0.349. The highest BCUT2D eigenvalue weighted by Crippen LogP contribution is 2.19. The van der Waals surface area contributed by atoms with E-state index in [0.717, 1.165) is 21.6 Å². The fourth-order valence-corrected chi connectivity index (χ4v) is 2.69. The van der Waals surface area contributed by atoms with Gasteiger partial charge < -0.3 is 5.32 Å². The van der Waals surface area contributed by atoms with Crippen molar-refractivity contribution in [1.29, 1.82) is 0 Å². The van der Waals surface area contributed by atoms with Crippen LogP contribution in [0.15, 0.2) is 28.2 Å². The first-order valence-electron chi connectivity index (χ1n) is 4.89. The van der Waals surface area contributed by atoms with Gasteiger partial charge in [0.05, 0.1) is 12.1 Å².